The molecule has 1 atom stereocenters. The van der Waals surface area contributed by atoms with Gasteiger partial charge < -0.3 is 9.15 Å². The lowest BCUT2D eigenvalue weighted by Crippen LogP contribution is -2.27. The Hall–Kier alpha value is -0.0800. The van der Waals surface area contributed by atoms with Gasteiger partial charge in [-0.3, -0.25) is 4.57 Å². The van der Waals surface area contributed by atoms with E-state index in [1.165, 1.54) is 0 Å². The van der Waals surface area contributed by atoms with Crippen molar-refractivity contribution in [2.45, 2.75) is 44.0 Å². The number of hydrogen-bond donors (Lipinski definition) is 0. The fourth-order valence-electron chi connectivity index (χ4n) is 1.69. The van der Waals surface area contributed by atoms with Crippen LogP contribution in [0.15, 0.2) is 16.6 Å². The average molecular weight is 366 g/mol. The molecule has 2 rings (SSSR count). The molecule has 0 aromatic carbocycles. The summed E-state index contributed by atoms with van der Waals surface area (Å²) in [7, 11) is 0. The van der Waals surface area contributed by atoms with E-state index in [0.29, 0.717) is 6.61 Å². The summed E-state index contributed by atoms with van der Waals surface area (Å²) in [4.78, 5) is 0. The number of thioether (sulfide) groups is 1. The maximum Gasteiger partial charge on any atom is 0.322 e. The Labute approximate surface area is 138 Å². The van der Waals surface area contributed by atoms with Crippen LogP contribution in [0.5, 0.6) is 0 Å². The molecule has 1 aromatic heterocycles. The van der Waals surface area contributed by atoms with Gasteiger partial charge in [-0.15, -0.1) is 10.2 Å². The molecule has 2 heterocycles. The molecule has 1 aliphatic rings. The van der Waals surface area contributed by atoms with Crippen LogP contribution >= 0.6 is 28.8 Å². The number of rotatable bonds is 7. The minimum absolute atomic E-state index is 0.229. The highest BCUT2D eigenvalue weighted by Crippen LogP contribution is 2.61. The van der Waals surface area contributed by atoms with Crippen molar-refractivity contribution in [1.82, 2.24) is 14.8 Å². The van der Waals surface area contributed by atoms with Crippen molar-refractivity contribution < 1.29 is 9.15 Å². The maximum absolute atomic E-state index is 5.68. The van der Waals surface area contributed by atoms with Crippen molar-refractivity contribution in [3.63, 3.8) is 0 Å². The van der Waals surface area contributed by atoms with Crippen LogP contribution in [0.2, 0.25) is 0 Å². The van der Waals surface area contributed by atoms with Crippen molar-refractivity contribution in [1.29, 1.82) is 0 Å². The van der Waals surface area contributed by atoms with Crippen LogP contribution in [0.3, 0.4) is 0 Å². The molecule has 1 aliphatic heterocycles. The Morgan fingerprint density at radius 2 is 2.29 bits per heavy atom. The van der Waals surface area contributed by atoms with Crippen LogP contribution in [0.1, 0.15) is 34.1 Å². The fraction of sp³-hybridized carbons (Fsp3) is 0.727. The third-order valence-electron chi connectivity index (χ3n) is 2.60. The maximum atomic E-state index is 5.68. The second-order valence-electron chi connectivity index (χ2n) is 4.79. The summed E-state index contributed by atoms with van der Waals surface area (Å²) >= 11 is 8.67. The predicted molar refractivity (Wildman–Crippen MR) is 92.5 cm³/mol. The van der Waals surface area contributed by atoms with E-state index < -0.39 is 5.69 Å². The highest BCUT2D eigenvalue weighted by Gasteiger charge is 2.39. The molecule has 10 heteroatoms. The summed E-state index contributed by atoms with van der Waals surface area (Å²) in [5.41, 5.74) is -2.44. The van der Waals surface area contributed by atoms with Gasteiger partial charge in [0.1, 0.15) is 6.33 Å². The van der Waals surface area contributed by atoms with Gasteiger partial charge in [0.25, 0.3) is 0 Å². The Kier molecular flexibility index (Phi) is 5.76. The molecule has 6 nitrogen and oxygen atoms in total. The molecule has 1 unspecified atom stereocenters. The monoisotopic (exact) mass is 366 g/mol. The molecule has 0 amide bonds. The largest absolute Gasteiger partial charge is 0.328 e. The van der Waals surface area contributed by atoms with Gasteiger partial charge in [-0.2, -0.15) is 0 Å². The van der Waals surface area contributed by atoms with Crippen molar-refractivity contribution in [3.05, 3.63) is 6.33 Å². The Morgan fingerprint density at radius 1 is 1.52 bits per heavy atom. The van der Waals surface area contributed by atoms with Crippen LogP contribution in [-0.4, -0.2) is 37.7 Å². The van der Waals surface area contributed by atoms with E-state index >= 15 is 0 Å². The van der Waals surface area contributed by atoms with Gasteiger partial charge in [-0.1, -0.05) is 35.2 Å². The summed E-state index contributed by atoms with van der Waals surface area (Å²) in [5.74, 6) is 1.65. The highest BCUT2D eigenvalue weighted by atomic mass is 32.9. The lowest BCUT2D eigenvalue weighted by atomic mass is 10.2. The summed E-state index contributed by atoms with van der Waals surface area (Å²) in [6.07, 6.45) is 2.66. The molecule has 0 spiro atoms. The Morgan fingerprint density at radius 3 is 2.95 bits per heavy atom. The van der Waals surface area contributed by atoms with Crippen LogP contribution in [0.25, 0.3) is 0 Å². The smallest absolute Gasteiger partial charge is 0.322 e. The second-order valence-corrected chi connectivity index (χ2v) is 12.7. The van der Waals surface area contributed by atoms with Crippen molar-refractivity contribution in [2.24, 2.45) is 5.16 Å². The van der Waals surface area contributed by atoms with Gasteiger partial charge in [0, 0.05) is 5.75 Å². The van der Waals surface area contributed by atoms with E-state index in [1.807, 2.05) is 11.5 Å². The molecule has 0 radical (unpaired) electrons. The molecule has 0 saturated heterocycles. The standard InChI is InChI=1S/C11H19N4O2PS3/c1-5-7-20-18(19,16-6-2)17-14-9-11(3,4)21-10-13-12-8-15(9)10/h8H,5-7H2,1-4H3. The summed E-state index contributed by atoms with van der Waals surface area (Å²) in [5, 5.41) is 13.1. The quantitative estimate of drug-likeness (QED) is 0.538. The predicted octanol–water partition coefficient (Wildman–Crippen LogP) is 3.74. The molecule has 0 N–H and O–H groups in total. The summed E-state index contributed by atoms with van der Waals surface area (Å²) in [6, 6.07) is 0. The van der Waals surface area contributed by atoms with Crippen LogP contribution in [-0.2, 0) is 21.0 Å². The molecule has 1 aromatic rings. The summed E-state index contributed by atoms with van der Waals surface area (Å²) in [6.45, 7) is 8.67. The first kappa shape index (κ1) is 17.3. The topological polar surface area (TPSA) is 61.5 Å². The Balaban J connectivity index is 2.20. The molecule has 0 fully saturated rings. The molecule has 0 bridgehead atoms. The zero-order valence-electron chi connectivity index (χ0n) is 12.5. The lowest BCUT2D eigenvalue weighted by Gasteiger charge is -2.20. The van der Waals surface area contributed by atoms with Gasteiger partial charge in [-0.25, -0.2) is 0 Å². The zero-order chi connectivity index (χ0) is 15.5. The van der Waals surface area contributed by atoms with Gasteiger partial charge in [0.15, 0.2) is 11.0 Å². The van der Waals surface area contributed by atoms with Crippen molar-refractivity contribution >= 4 is 46.5 Å². The zero-order valence-corrected chi connectivity index (χ0v) is 15.8. The summed E-state index contributed by atoms with van der Waals surface area (Å²) < 4.78 is 12.9. The first-order valence-corrected chi connectivity index (χ1v) is 11.7. The molecule has 0 aliphatic carbocycles. The lowest BCUT2D eigenvalue weighted by molar-refractivity contribution is 0.278. The molecule has 21 heavy (non-hydrogen) atoms. The number of fused-ring (bicyclic) bond motifs is 1. The van der Waals surface area contributed by atoms with Crippen molar-refractivity contribution in [2.75, 3.05) is 12.4 Å². The van der Waals surface area contributed by atoms with Gasteiger partial charge in [0.2, 0.25) is 0 Å². The minimum atomic E-state index is -2.44. The van der Waals surface area contributed by atoms with Gasteiger partial charge >= 0.3 is 5.69 Å². The van der Waals surface area contributed by atoms with Crippen LogP contribution < -0.4 is 0 Å². The van der Waals surface area contributed by atoms with E-state index in [9.17, 15) is 0 Å². The van der Waals surface area contributed by atoms with Gasteiger partial charge in [0.05, 0.1) is 11.4 Å². The minimum Gasteiger partial charge on any atom is -0.328 e. The first-order chi connectivity index (χ1) is 9.92. The number of oxime groups is 1. The van der Waals surface area contributed by atoms with Crippen LogP contribution in [0.4, 0.5) is 0 Å². The highest BCUT2D eigenvalue weighted by molar-refractivity contribution is 8.67. The van der Waals surface area contributed by atoms with E-state index in [0.717, 1.165) is 23.2 Å². The van der Waals surface area contributed by atoms with Gasteiger partial charge in [-0.05, 0) is 39.0 Å². The third-order valence-corrected chi connectivity index (χ3v) is 8.99. The van der Waals surface area contributed by atoms with Crippen LogP contribution in [0, 0.1) is 0 Å². The number of nitrogens with zero attached hydrogens (tertiary/aromatic N) is 4. The number of hydrogen-bond acceptors (Lipinski definition) is 8. The van der Waals surface area contributed by atoms with E-state index in [4.69, 9.17) is 21.0 Å². The fourth-order valence-corrected chi connectivity index (χ4v) is 6.85. The normalized spacial score (nSPS) is 21.2. The van der Waals surface area contributed by atoms with E-state index in [1.54, 1.807) is 29.5 Å². The molecule has 118 valence electrons. The average Bonchev–Trinajstić information content (AvgIpc) is 2.92. The molecular formula is C11H19N4O2PS3. The molecular weight excluding hydrogens is 347 g/mol. The molecule has 0 saturated carbocycles. The SMILES string of the molecule is CCCSP(=S)(OCC)ON=C1n2cnnc2SC1(C)C. The third kappa shape index (κ3) is 4.01. The van der Waals surface area contributed by atoms with E-state index in [2.05, 4.69) is 36.1 Å². The second kappa shape index (κ2) is 7.00. The first-order valence-electron chi connectivity index (χ1n) is 6.67. The van der Waals surface area contributed by atoms with E-state index in [-0.39, 0.29) is 4.75 Å². The number of aromatic nitrogens is 3. The van der Waals surface area contributed by atoms with Crippen molar-refractivity contribution in [3.8, 4) is 0 Å². The Bertz CT molecular complexity index is 576.